The Morgan fingerprint density at radius 3 is 2.53 bits per heavy atom. The number of hydrogen-bond acceptors (Lipinski definition) is 2. The van der Waals surface area contributed by atoms with E-state index >= 15 is 0 Å². The normalized spacial score (nSPS) is 16.2. The van der Waals surface area contributed by atoms with E-state index in [0.29, 0.717) is 11.8 Å². The Morgan fingerprint density at radius 2 is 1.74 bits per heavy atom. The van der Waals surface area contributed by atoms with Crippen molar-refractivity contribution in [2.45, 2.75) is 38.0 Å². The molecular weight excluding hydrogens is 234 g/mol. The molecule has 0 amide bonds. The van der Waals surface area contributed by atoms with Gasteiger partial charge in [0.1, 0.15) is 5.75 Å². The van der Waals surface area contributed by atoms with E-state index in [1.807, 2.05) is 36.5 Å². The number of rotatable bonds is 3. The standard InChI is InChI=1S/C17H19NO/c1-3-7-14(8-4-1)15-11-12-18-17(13-15)19-16-9-5-2-6-10-16/h2,5-6,9-14H,1,3-4,7-8H2. The van der Waals surface area contributed by atoms with Crippen LogP contribution in [0.15, 0.2) is 48.7 Å². The van der Waals surface area contributed by atoms with E-state index in [-0.39, 0.29) is 0 Å². The Kier molecular flexibility index (Phi) is 3.78. The molecule has 0 unspecified atom stereocenters. The number of ether oxygens (including phenoxy) is 1. The molecule has 0 bridgehead atoms. The molecule has 98 valence electrons. The van der Waals surface area contributed by atoms with Gasteiger partial charge < -0.3 is 4.74 Å². The smallest absolute Gasteiger partial charge is 0.219 e. The summed E-state index contributed by atoms with van der Waals surface area (Å²) >= 11 is 0. The molecule has 2 aromatic rings. The molecule has 0 N–H and O–H groups in total. The highest BCUT2D eigenvalue weighted by Crippen LogP contribution is 2.33. The largest absolute Gasteiger partial charge is 0.439 e. The molecule has 2 nitrogen and oxygen atoms in total. The molecule has 1 fully saturated rings. The predicted octanol–water partition coefficient (Wildman–Crippen LogP) is 4.92. The van der Waals surface area contributed by atoms with E-state index in [0.717, 1.165) is 5.75 Å². The zero-order chi connectivity index (χ0) is 12.9. The lowest BCUT2D eigenvalue weighted by Gasteiger charge is -2.22. The number of para-hydroxylation sites is 1. The van der Waals surface area contributed by atoms with Gasteiger partial charge in [-0.25, -0.2) is 4.98 Å². The van der Waals surface area contributed by atoms with Crippen molar-refractivity contribution in [3.05, 3.63) is 54.2 Å². The molecule has 1 saturated carbocycles. The second kappa shape index (κ2) is 5.87. The molecule has 1 heterocycles. The number of benzene rings is 1. The van der Waals surface area contributed by atoms with Crippen molar-refractivity contribution in [2.75, 3.05) is 0 Å². The molecule has 1 aliphatic carbocycles. The Morgan fingerprint density at radius 1 is 0.947 bits per heavy atom. The third-order valence-corrected chi connectivity index (χ3v) is 3.80. The van der Waals surface area contributed by atoms with E-state index in [1.165, 1.54) is 37.7 Å². The average Bonchev–Trinajstić information content (AvgIpc) is 2.49. The first kappa shape index (κ1) is 12.2. The van der Waals surface area contributed by atoms with E-state index in [9.17, 15) is 0 Å². The highest BCUT2D eigenvalue weighted by atomic mass is 16.5. The molecule has 0 aliphatic heterocycles. The first-order valence-electron chi connectivity index (χ1n) is 7.11. The van der Waals surface area contributed by atoms with Crippen LogP contribution in [0.2, 0.25) is 0 Å². The van der Waals surface area contributed by atoms with E-state index < -0.39 is 0 Å². The van der Waals surface area contributed by atoms with Crippen LogP contribution in [-0.4, -0.2) is 4.98 Å². The van der Waals surface area contributed by atoms with Crippen molar-refractivity contribution < 1.29 is 4.74 Å². The van der Waals surface area contributed by atoms with Crippen molar-refractivity contribution in [3.63, 3.8) is 0 Å². The van der Waals surface area contributed by atoms with Crippen molar-refractivity contribution in [1.82, 2.24) is 4.98 Å². The van der Waals surface area contributed by atoms with Crippen molar-refractivity contribution in [1.29, 1.82) is 0 Å². The average molecular weight is 253 g/mol. The van der Waals surface area contributed by atoms with Gasteiger partial charge in [-0.2, -0.15) is 0 Å². The fourth-order valence-electron chi connectivity index (χ4n) is 2.78. The van der Waals surface area contributed by atoms with Gasteiger partial charge in [0.15, 0.2) is 0 Å². The third-order valence-electron chi connectivity index (χ3n) is 3.80. The maximum Gasteiger partial charge on any atom is 0.219 e. The minimum absolute atomic E-state index is 0.690. The molecule has 0 spiro atoms. The van der Waals surface area contributed by atoms with Gasteiger partial charge in [-0.1, -0.05) is 37.5 Å². The van der Waals surface area contributed by atoms with Crippen LogP contribution in [-0.2, 0) is 0 Å². The topological polar surface area (TPSA) is 22.1 Å². The molecule has 3 rings (SSSR count). The van der Waals surface area contributed by atoms with Crippen LogP contribution in [0.4, 0.5) is 0 Å². The second-order valence-electron chi connectivity index (χ2n) is 5.18. The highest BCUT2D eigenvalue weighted by molar-refractivity contribution is 5.30. The lowest BCUT2D eigenvalue weighted by Crippen LogP contribution is -2.04. The first-order chi connectivity index (χ1) is 9.42. The van der Waals surface area contributed by atoms with Crippen LogP contribution in [0.25, 0.3) is 0 Å². The molecule has 0 atom stereocenters. The molecule has 2 heteroatoms. The molecule has 0 saturated heterocycles. The van der Waals surface area contributed by atoms with Gasteiger partial charge in [0.25, 0.3) is 0 Å². The molecule has 19 heavy (non-hydrogen) atoms. The van der Waals surface area contributed by atoms with Crippen molar-refractivity contribution in [2.24, 2.45) is 0 Å². The maximum atomic E-state index is 5.80. The SMILES string of the molecule is c1ccc(Oc2cc(C3CCCCC3)ccn2)cc1. The van der Waals surface area contributed by atoms with E-state index in [4.69, 9.17) is 4.74 Å². The summed E-state index contributed by atoms with van der Waals surface area (Å²) in [6, 6.07) is 14.1. The van der Waals surface area contributed by atoms with E-state index in [1.54, 1.807) is 0 Å². The molecular formula is C17H19NO. The summed E-state index contributed by atoms with van der Waals surface area (Å²) in [5.41, 5.74) is 1.38. The fourth-order valence-corrected chi connectivity index (χ4v) is 2.78. The minimum Gasteiger partial charge on any atom is -0.439 e. The maximum absolute atomic E-state index is 5.80. The number of pyridine rings is 1. The first-order valence-corrected chi connectivity index (χ1v) is 7.11. The summed E-state index contributed by atoms with van der Waals surface area (Å²) < 4.78 is 5.80. The number of hydrogen-bond donors (Lipinski definition) is 0. The van der Waals surface area contributed by atoms with Crippen LogP contribution in [0.5, 0.6) is 11.6 Å². The van der Waals surface area contributed by atoms with Crippen molar-refractivity contribution >= 4 is 0 Å². The highest BCUT2D eigenvalue weighted by Gasteiger charge is 2.16. The molecule has 0 radical (unpaired) electrons. The summed E-state index contributed by atoms with van der Waals surface area (Å²) in [6.45, 7) is 0. The summed E-state index contributed by atoms with van der Waals surface area (Å²) in [7, 11) is 0. The predicted molar refractivity (Wildman–Crippen MR) is 76.6 cm³/mol. The number of nitrogens with zero attached hydrogens (tertiary/aromatic N) is 1. The van der Waals surface area contributed by atoms with Gasteiger partial charge in [-0.3, -0.25) is 0 Å². The Bertz CT molecular complexity index is 518. The van der Waals surface area contributed by atoms with Gasteiger partial charge in [0, 0.05) is 12.3 Å². The van der Waals surface area contributed by atoms with Gasteiger partial charge >= 0.3 is 0 Å². The lowest BCUT2D eigenvalue weighted by atomic mass is 9.84. The van der Waals surface area contributed by atoms with Gasteiger partial charge in [0.2, 0.25) is 5.88 Å². The van der Waals surface area contributed by atoms with Crippen LogP contribution >= 0.6 is 0 Å². The minimum atomic E-state index is 0.690. The zero-order valence-corrected chi connectivity index (χ0v) is 11.1. The molecule has 1 aliphatic rings. The zero-order valence-electron chi connectivity index (χ0n) is 11.1. The summed E-state index contributed by atoms with van der Waals surface area (Å²) in [5, 5.41) is 0. The second-order valence-corrected chi connectivity index (χ2v) is 5.18. The quantitative estimate of drug-likeness (QED) is 0.774. The van der Waals surface area contributed by atoms with Crippen molar-refractivity contribution in [3.8, 4) is 11.6 Å². The summed E-state index contributed by atoms with van der Waals surface area (Å²) in [6.07, 6.45) is 8.55. The van der Waals surface area contributed by atoms with Gasteiger partial charge in [0.05, 0.1) is 0 Å². The molecule has 1 aromatic heterocycles. The Labute approximate surface area is 114 Å². The van der Waals surface area contributed by atoms with Gasteiger partial charge in [-0.15, -0.1) is 0 Å². The number of aromatic nitrogens is 1. The monoisotopic (exact) mass is 253 g/mol. The van der Waals surface area contributed by atoms with Crippen LogP contribution in [0.3, 0.4) is 0 Å². The Balaban J connectivity index is 1.76. The fraction of sp³-hybridized carbons (Fsp3) is 0.353. The Hall–Kier alpha value is -1.83. The van der Waals surface area contributed by atoms with Crippen LogP contribution < -0.4 is 4.74 Å². The van der Waals surface area contributed by atoms with E-state index in [2.05, 4.69) is 17.1 Å². The van der Waals surface area contributed by atoms with Crippen LogP contribution in [0, 0.1) is 0 Å². The summed E-state index contributed by atoms with van der Waals surface area (Å²) in [5.74, 6) is 2.24. The lowest BCUT2D eigenvalue weighted by molar-refractivity contribution is 0.435. The van der Waals surface area contributed by atoms with Crippen LogP contribution in [0.1, 0.15) is 43.6 Å². The molecule has 1 aromatic carbocycles. The summed E-state index contributed by atoms with van der Waals surface area (Å²) in [4.78, 5) is 4.31. The third kappa shape index (κ3) is 3.14. The van der Waals surface area contributed by atoms with Gasteiger partial charge in [-0.05, 0) is 42.5 Å².